The van der Waals surface area contributed by atoms with E-state index >= 15 is 0 Å². The van der Waals surface area contributed by atoms with Crippen LogP contribution in [-0.2, 0) is 9.59 Å². The molecule has 0 aliphatic carbocycles. The topological polar surface area (TPSA) is 86.7 Å². The number of ketones is 1. The minimum Gasteiger partial charge on any atom is -0.395 e. The van der Waals surface area contributed by atoms with Gasteiger partial charge in [0.15, 0.2) is 0 Å². The number of nitrogens with one attached hydrogen (secondary N) is 1. The molecule has 0 saturated heterocycles. The monoisotopic (exact) mass is 276 g/mol. The first-order chi connectivity index (χ1) is 9.45. The highest BCUT2D eigenvalue weighted by Gasteiger charge is 2.37. The Kier molecular flexibility index (Phi) is 3.85. The maximum atomic E-state index is 12.0. The van der Waals surface area contributed by atoms with Crippen LogP contribution in [0.5, 0.6) is 0 Å². The molecule has 1 aromatic carbocycles. The van der Waals surface area contributed by atoms with Crippen LogP contribution in [0.1, 0.15) is 21.5 Å². The van der Waals surface area contributed by atoms with Crippen LogP contribution in [0.25, 0.3) is 0 Å². The second-order valence-corrected chi connectivity index (χ2v) is 4.77. The number of carbonyl (C=O) groups excluding carboxylic acids is 3. The predicted molar refractivity (Wildman–Crippen MR) is 72.7 cm³/mol. The first kappa shape index (κ1) is 14.2. The molecule has 0 spiro atoms. The fourth-order valence-corrected chi connectivity index (χ4v) is 2.38. The van der Waals surface area contributed by atoms with Crippen molar-refractivity contribution >= 4 is 23.3 Å². The van der Waals surface area contributed by atoms with E-state index in [4.69, 9.17) is 5.11 Å². The maximum Gasteiger partial charge on any atom is 0.299 e. The number of fused-ring (bicyclic) bond motifs is 1. The molecule has 1 aromatic rings. The summed E-state index contributed by atoms with van der Waals surface area (Å²) in [5.41, 5.74) is 2.54. The zero-order valence-electron chi connectivity index (χ0n) is 11.4. The van der Waals surface area contributed by atoms with E-state index in [9.17, 15) is 14.4 Å². The summed E-state index contributed by atoms with van der Waals surface area (Å²) in [6.45, 7) is 3.38. The molecule has 2 N–H and O–H groups in total. The molecule has 2 amide bonds. The third-order valence-electron chi connectivity index (χ3n) is 3.13. The molecule has 106 valence electrons. The summed E-state index contributed by atoms with van der Waals surface area (Å²) in [5.74, 6) is -1.68. The van der Waals surface area contributed by atoms with E-state index in [1.807, 2.05) is 13.0 Å². The Labute approximate surface area is 116 Å². The third-order valence-corrected chi connectivity index (χ3v) is 3.13. The van der Waals surface area contributed by atoms with Crippen molar-refractivity contribution in [2.75, 3.05) is 24.6 Å². The highest BCUT2D eigenvalue weighted by atomic mass is 16.3. The minimum absolute atomic E-state index is 0.120. The average Bonchev–Trinajstić information content (AvgIpc) is 2.62. The van der Waals surface area contributed by atoms with Crippen LogP contribution in [-0.4, -0.2) is 42.4 Å². The van der Waals surface area contributed by atoms with E-state index in [0.717, 1.165) is 11.1 Å². The third kappa shape index (κ3) is 2.42. The van der Waals surface area contributed by atoms with Gasteiger partial charge in [-0.25, -0.2) is 0 Å². The van der Waals surface area contributed by atoms with Crippen molar-refractivity contribution in [3.05, 3.63) is 28.8 Å². The largest absolute Gasteiger partial charge is 0.395 e. The van der Waals surface area contributed by atoms with Gasteiger partial charge in [0.05, 0.1) is 17.9 Å². The molecule has 0 fully saturated rings. The van der Waals surface area contributed by atoms with Gasteiger partial charge in [0, 0.05) is 6.54 Å². The van der Waals surface area contributed by atoms with Crippen molar-refractivity contribution in [2.45, 2.75) is 13.8 Å². The van der Waals surface area contributed by atoms with Crippen molar-refractivity contribution in [2.24, 2.45) is 0 Å². The number of carbonyl (C=O) groups is 3. The molecule has 0 bridgehead atoms. The Hall–Kier alpha value is -2.21. The van der Waals surface area contributed by atoms with E-state index in [0.29, 0.717) is 11.3 Å². The summed E-state index contributed by atoms with van der Waals surface area (Å²) in [6.07, 6.45) is 0. The Morgan fingerprint density at radius 1 is 1.30 bits per heavy atom. The number of nitrogens with zero attached hydrogens (tertiary/aromatic N) is 1. The van der Waals surface area contributed by atoms with Crippen molar-refractivity contribution in [1.29, 1.82) is 0 Å². The predicted octanol–water partition coefficient (Wildman–Crippen LogP) is -0.0588. The zero-order chi connectivity index (χ0) is 14.9. The molecular formula is C14H16N2O4. The molecule has 1 aliphatic rings. The summed E-state index contributed by atoms with van der Waals surface area (Å²) < 4.78 is 0. The van der Waals surface area contributed by atoms with Crippen molar-refractivity contribution in [3.63, 3.8) is 0 Å². The normalized spacial score (nSPS) is 13.7. The number of Topliss-reactive ketones (excluding diaryl/α,β-unsaturated/α-hetero) is 1. The number of aliphatic hydroxyl groups is 1. The highest BCUT2D eigenvalue weighted by molar-refractivity contribution is 6.52. The second-order valence-electron chi connectivity index (χ2n) is 4.77. The molecule has 0 atom stereocenters. The SMILES string of the molecule is Cc1cc(C)c2c(c1)C(=O)C(=O)N2CC(=O)NCCO. The van der Waals surface area contributed by atoms with E-state index < -0.39 is 17.6 Å². The van der Waals surface area contributed by atoms with Gasteiger partial charge in [-0.1, -0.05) is 6.07 Å². The average molecular weight is 276 g/mol. The maximum absolute atomic E-state index is 12.0. The van der Waals surface area contributed by atoms with E-state index in [1.54, 1.807) is 13.0 Å². The molecule has 6 nitrogen and oxygen atoms in total. The standard InChI is InChI=1S/C14H16N2O4/c1-8-5-9(2)12-10(6-8)13(19)14(20)16(12)7-11(18)15-3-4-17/h5-6,17H,3-4,7H2,1-2H3,(H,15,18). The molecule has 2 rings (SSSR count). The van der Waals surface area contributed by atoms with Gasteiger partial charge in [-0.05, 0) is 31.0 Å². The van der Waals surface area contributed by atoms with Crippen molar-refractivity contribution in [1.82, 2.24) is 5.32 Å². The number of aryl methyl sites for hydroxylation is 2. The number of anilines is 1. The Morgan fingerprint density at radius 3 is 2.65 bits per heavy atom. The molecule has 1 heterocycles. The van der Waals surface area contributed by atoms with Crippen LogP contribution >= 0.6 is 0 Å². The lowest BCUT2D eigenvalue weighted by molar-refractivity contribution is -0.122. The molecule has 0 radical (unpaired) electrons. The van der Waals surface area contributed by atoms with Gasteiger partial charge in [-0.3, -0.25) is 19.3 Å². The van der Waals surface area contributed by atoms with Gasteiger partial charge < -0.3 is 10.4 Å². The zero-order valence-corrected chi connectivity index (χ0v) is 11.4. The first-order valence-electron chi connectivity index (χ1n) is 6.30. The van der Waals surface area contributed by atoms with E-state index in [-0.39, 0.29) is 19.7 Å². The Morgan fingerprint density at radius 2 is 2.00 bits per heavy atom. The summed E-state index contributed by atoms with van der Waals surface area (Å²) in [6, 6.07) is 3.53. The first-order valence-corrected chi connectivity index (χ1v) is 6.30. The lowest BCUT2D eigenvalue weighted by atomic mass is 10.0. The number of amides is 2. The number of hydrogen-bond acceptors (Lipinski definition) is 4. The van der Waals surface area contributed by atoms with Crippen LogP contribution in [0.2, 0.25) is 0 Å². The quantitative estimate of drug-likeness (QED) is 0.754. The van der Waals surface area contributed by atoms with E-state index in [1.165, 1.54) is 4.90 Å². The minimum atomic E-state index is -0.687. The van der Waals surface area contributed by atoms with E-state index in [2.05, 4.69) is 5.32 Å². The fourth-order valence-electron chi connectivity index (χ4n) is 2.38. The Balaban J connectivity index is 2.31. The molecule has 6 heteroatoms. The van der Waals surface area contributed by atoms with Gasteiger partial charge in [-0.15, -0.1) is 0 Å². The van der Waals surface area contributed by atoms with Gasteiger partial charge >= 0.3 is 0 Å². The lowest BCUT2D eigenvalue weighted by Crippen LogP contribution is -2.41. The second kappa shape index (κ2) is 5.42. The molecular weight excluding hydrogens is 260 g/mol. The lowest BCUT2D eigenvalue weighted by Gasteiger charge is -2.18. The van der Waals surface area contributed by atoms with Crippen LogP contribution in [0.15, 0.2) is 12.1 Å². The van der Waals surface area contributed by atoms with Crippen LogP contribution in [0, 0.1) is 13.8 Å². The molecule has 20 heavy (non-hydrogen) atoms. The number of hydrogen-bond donors (Lipinski definition) is 2. The number of aliphatic hydroxyl groups excluding tert-OH is 1. The molecule has 0 unspecified atom stereocenters. The van der Waals surface area contributed by atoms with Crippen LogP contribution in [0.3, 0.4) is 0 Å². The smallest absolute Gasteiger partial charge is 0.299 e. The van der Waals surface area contributed by atoms with Crippen molar-refractivity contribution in [3.8, 4) is 0 Å². The van der Waals surface area contributed by atoms with Gasteiger partial charge in [-0.2, -0.15) is 0 Å². The Bertz CT molecular complexity index is 595. The molecule has 0 saturated carbocycles. The molecule has 0 aromatic heterocycles. The van der Waals surface area contributed by atoms with Crippen molar-refractivity contribution < 1.29 is 19.5 Å². The molecule has 1 aliphatic heterocycles. The highest BCUT2D eigenvalue weighted by Crippen LogP contribution is 2.33. The fraction of sp³-hybridized carbons (Fsp3) is 0.357. The van der Waals surface area contributed by atoms with Gasteiger partial charge in [0.1, 0.15) is 6.54 Å². The number of benzene rings is 1. The number of rotatable bonds is 4. The summed E-state index contributed by atoms with van der Waals surface area (Å²) in [4.78, 5) is 36.8. The summed E-state index contributed by atoms with van der Waals surface area (Å²) in [7, 11) is 0. The van der Waals surface area contributed by atoms with Gasteiger partial charge in [0.25, 0.3) is 11.7 Å². The summed E-state index contributed by atoms with van der Waals surface area (Å²) in [5, 5.41) is 11.1. The van der Waals surface area contributed by atoms with Crippen LogP contribution < -0.4 is 10.2 Å². The van der Waals surface area contributed by atoms with Crippen LogP contribution in [0.4, 0.5) is 5.69 Å². The van der Waals surface area contributed by atoms with Gasteiger partial charge in [0.2, 0.25) is 5.91 Å². The summed E-state index contributed by atoms with van der Waals surface area (Å²) >= 11 is 0.